The molecule has 1 rings (SSSR count). The first kappa shape index (κ1) is 14.0. The van der Waals surface area contributed by atoms with Crippen LogP contribution in [0.2, 0.25) is 0 Å². The van der Waals surface area contributed by atoms with Crippen LogP contribution >= 0.6 is 0 Å². The molecule has 1 aliphatic rings. The van der Waals surface area contributed by atoms with Gasteiger partial charge in [-0.3, -0.25) is 14.5 Å². The lowest BCUT2D eigenvalue weighted by atomic mass is 9.93. The van der Waals surface area contributed by atoms with E-state index in [1.807, 2.05) is 23.8 Å². The lowest BCUT2D eigenvalue weighted by Gasteiger charge is -2.49. The predicted octanol–water partition coefficient (Wildman–Crippen LogP) is 0.792. The summed E-state index contributed by atoms with van der Waals surface area (Å²) >= 11 is 0. The highest BCUT2D eigenvalue weighted by molar-refractivity contribution is 5.83. The van der Waals surface area contributed by atoms with Gasteiger partial charge in [-0.05, 0) is 34.2 Å². The number of piperazine rings is 1. The van der Waals surface area contributed by atoms with Crippen LogP contribution in [0.4, 0.5) is 0 Å². The van der Waals surface area contributed by atoms with Crippen LogP contribution in [0, 0.1) is 0 Å². The molecule has 0 aromatic rings. The first-order valence-electron chi connectivity index (χ1n) is 6.03. The van der Waals surface area contributed by atoms with Crippen molar-refractivity contribution in [2.45, 2.75) is 45.2 Å². The van der Waals surface area contributed by atoms with E-state index in [0.717, 1.165) is 0 Å². The first-order valence-corrected chi connectivity index (χ1v) is 6.03. The van der Waals surface area contributed by atoms with Crippen LogP contribution in [0.1, 0.15) is 33.6 Å². The van der Waals surface area contributed by atoms with Crippen molar-refractivity contribution >= 4 is 11.9 Å². The van der Waals surface area contributed by atoms with E-state index in [0.29, 0.717) is 19.5 Å². The lowest BCUT2D eigenvalue weighted by Crippen LogP contribution is -2.65. The average molecular weight is 242 g/mol. The quantitative estimate of drug-likeness (QED) is 0.792. The number of carbonyl (C=O) groups is 2. The van der Waals surface area contributed by atoms with Gasteiger partial charge in [0.25, 0.3) is 0 Å². The molecule has 1 heterocycles. The number of aliphatic carboxylic acids is 1. The van der Waals surface area contributed by atoms with Gasteiger partial charge in [-0.2, -0.15) is 0 Å². The molecule has 1 unspecified atom stereocenters. The van der Waals surface area contributed by atoms with Crippen LogP contribution in [0.5, 0.6) is 0 Å². The molecule has 1 amide bonds. The summed E-state index contributed by atoms with van der Waals surface area (Å²) in [7, 11) is 1.90. The van der Waals surface area contributed by atoms with Crippen molar-refractivity contribution in [1.82, 2.24) is 9.80 Å². The van der Waals surface area contributed by atoms with E-state index in [2.05, 4.69) is 13.8 Å². The summed E-state index contributed by atoms with van der Waals surface area (Å²) < 4.78 is 0. The molecule has 0 spiro atoms. The number of amides is 1. The predicted molar refractivity (Wildman–Crippen MR) is 64.8 cm³/mol. The van der Waals surface area contributed by atoms with E-state index in [9.17, 15) is 9.59 Å². The summed E-state index contributed by atoms with van der Waals surface area (Å²) in [6.07, 6.45) is 0.416. The van der Waals surface area contributed by atoms with Crippen LogP contribution in [0.25, 0.3) is 0 Å². The summed E-state index contributed by atoms with van der Waals surface area (Å²) in [6.45, 7) is 7.49. The van der Waals surface area contributed by atoms with Gasteiger partial charge in [-0.25, -0.2) is 0 Å². The number of hydrogen-bond acceptors (Lipinski definition) is 3. The van der Waals surface area contributed by atoms with Crippen LogP contribution in [-0.2, 0) is 9.59 Å². The summed E-state index contributed by atoms with van der Waals surface area (Å²) in [4.78, 5) is 26.6. The molecule has 0 radical (unpaired) electrons. The van der Waals surface area contributed by atoms with Crippen molar-refractivity contribution in [2.24, 2.45) is 0 Å². The molecular formula is C12H22N2O3. The Balaban J connectivity index is 2.82. The molecule has 98 valence electrons. The maximum atomic E-state index is 12.2. The van der Waals surface area contributed by atoms with Crippen molar-refractivity contribution in [3.05, 3.63) is 0 Å². The van der Waals surface area contributed by atoms with Crippen LogP contribution < -0.4 is 0 Å². The van der Waals surface area contributed by atoms with E-state index in [1.54, 1.807) is 0 Å². The standard InChI is InChI=1S/C12H22N2O3/c1-5-14-8-12(2,3)13(4)9(11(14)17)6-7-10(15)16/h9H,5-8H2,1-4H3,(H,15,16). The first-order chi connectivity index (χ1) is 7.79. The molecule has 1 aliphatic heterocycles. The van der Waals surface area contributed by atoms with Gasteiger partial charge in [0.05, 0.1) is 6.04 Å². The molecule has 0 aliphatic carbocycles. The normalized spacial score (nSPS) is 25.1. The van der Waals surface area contributed by atoms with Gasteiger partial charge in [0.2, 0.25) is 5.91 Å². The fourth-order valence-electron chi connectivity index (χ4n) is 2.30. The van der Waals surface area contributed by atoms with Crippen molar-refractivity contribution in [3.8, 4) is 0 Å². The van der Waals surface area contributed by atoms with Gasteiger partial charge in [0, 0.05) is 25.0 Å². The Labute approximate surface area is 102 Å². The van der Waals surface area contributed by atoms with Crippen molar-refractivity contribution < 1.29 is 14.7 Å². The molecular weight excluding hydrogens is 220 g/mol. The minimum absolute atomic E-state index is 0.0361. The summed E-state index contributed by atoms with van der Waals surface area (Å²) in [5.41, 5.74) is -0.104. The van der Waals surface area contributed by atoms with E-state index in [1.165, 1.54) is 0 Å². The van der Waals surface area contributed by atoms with Gasteiger partial charge in [-0.15, -0.1) is 0 Å². The zero-order valence-corrected chi connectivity index (χ0v) is 11.1. The van der Waals surface area contributed by atoms with Crippen LogP contribution in [0.3, 0.4) is 0 Å². The topological polar surface area (TPSA) is 60.9 Å². The second-order valence-electron chi connectivity index (χ2n) is 5.22. The third-order valence-electron chi connectivity index (χ3n) is 3.61. The Hall–Kier alpha value is -1.10. The molecule has 5 nitrogen and oxygen atoms in total. The third-order valence-corrected chi connectivity index (χ3v) is 3.61. The molecule has 5 heteroatoms. The Morgan fingerprint density at radius 1 is 1.53 bits per heavy atom. The summed E-state index contributed by atoms with van der Waals surface area (Å²) in [5.74, 6) is -0.798. The molecule has 0 saturated carbocycles. The van der Waals surface area contributed by atoms with Gasteiger partial charge in [0.1, 0.15) is 0 Å². The number of nitrogens with zero attached hydrogens (tertiary/aromatic N) is 2. The zero-order valence-electron chi connectivity index (χ0n) is 11.1. The lowest BCUT2D eigenvalue weighted by molar-refractivity contribution is -0.149. The Morgan fingerprint density at radius 2 is 2.12 bits per heavy atom. The highest BCUT2D eigenvalue weighted by Gasteiger charge is 2.42. The van der Waals surface area contributed by atoms with E-state index in [-0.39, 0.29) is 23.9 Å². The number of hydrogen-bond donors (Lipinski definition) is 1. The van der Waals surface area contributed by atoms with Gasteiger partial charge >= 0.3 is 5.97 Å². The maximum Gasteiger partial charge on any atom is 0.303 e. The monoisotopic (exact) mass is 242 g/mol. The Bertz CT molecular complexity index is 315. The highest BCUT2D eigenvalue weighted by Crippen LogP contribution is 2.26. The van der Waals surface area contributed by atoms with E-state index < -0.39 is 5.97 Å². The van der Waals surface area contributed by atoms with Gasteiger partial charge < -0.3 is 10.0 Å². The van der Waals surface area contributed by atoms with Gasteiger partial charge in [0.15, 0.2) is 0 Å². The minimum atomic E-state index is -0.849. The summed E-state index contributed by atoms with van der Waals surface area (Å²) in [6, 6.07) is -0.310. The molecule has 1 saturated heterocycles. The maximum absolute atomic E-state index is 12.2. The second-order valence-corrected chi connectivity index (χ2v) is 5.22. The van der Waals surface area contributed by atoms with Crippen molar-refractivity contribution in [1.29, 1.82) is 0 Å². The average Bonchev–Trinajstić information content (AvgIpc) is 2.23. The summed E-state index contributed by atoms with van der Waals surface area (Å²) in [5, 5.41) is 8.73. The SMILES string of the molecule is CCN1CC(C)(C)N(C)C(CCC(=O)O)C1=O. The Kier molecular flexibility index (Phi) is 4.14. The van der Waals surface area contributed by atoms with E-state index >= 15 is 0 Å². The largest absolute Gasteiger partial charge is 0.481 e. The molecule has 0 aromatic carbocycles. The number of carboxylic acid groups (broad SMARTS) is 1. The molecule has 0 aromatic heterocycles. The van der Waals surface area contributed by atoms with Crippen LogP contribution in [-0.4, -0.2) is 58.5 Å². The number of likely N-dealkylation sites (N-methyl/N-ethyl adjacent to an activating group) is 2. The third kappa shape index (κ3) is 2.97. The minimum Gasteiger partial charge on any atom is -0.481 e. The van der Waals surface area contributed by atoms with Gasteiger partial charge in [-0.1, -0.05) is 0 Å². The molecule has 0 bridgehead atoms. The van der Waals surface area contributed by atoms with Crippen LogP contribution in [0.15, 0.2) is 0 Å². The molecule has 1 fully saturated rings. The number of carbonyl (C=O) groups excluding carboxylic acids is 1. The fraction of sp³-hybridized carbons (Fsp3) is 0.833. The van der Waals surface area contributed by atoms with Crippen molar-refractivity contribution in [3.63, 3.8) is 0 Å². The molecule has 17 heavy (non-hydrogen) atoms. The smallest absolute Gasteiger partial charge is 0.303 e. The zero-order chi connectivity index (χ0) is 13.2. The number of carboxylic acids is 1. The molecule has 1 atom stereocenters. The Morgan fingerprint density at radius 3 is 2.59 bits per heavy atom. The molecule has 1 N–H and O–H groups in total. The second kappa shape index (κ2) is 5.04. The van der Waals surface area contributed by atoms with E-state index in [4.69, 9.17) is 5.11 Å². The van der Waals surface area contributed by atoms with Crippen molar-refractivity contribution in [2.75, 3.05) is 20.1 Å². The number of rotatable bonds is 4. The fourth-order valence-corrected chi connectivity index (χ4v) is 2.30. The highest BCUT2D eigenvalue weighted by atomic mass is 16.4.